The molecule has 0 aliphatic heterocycles. The molecule has 3 aromatic rings. The summed E-state index contributed by atoms with van der Waals surface area (Å²) in [4.78, 5) is 8.16. The van der Waals surface area contributed by atoms with Crippen LogP contribution in [0.5, 0.6) is 0 Å². The zero-order valence-electron chi connectivity index (χ0n) is 20.9. The van der Waals surface area contributed by atoms with Gasteiger partial charge in [-0.25, -0.2) is 4.39 Å². The summed E-state index contributed by atoms with van der Waals surface area (Å²) < 4.78 is 15.5. The highest BCUT2D eigenvalue weighted by atomic mass is 19.1. The van der Waals surface area contributed by atoms with E-state index in [2.05, 4.69) is 35.0 Å². The third-order valence-electron chi connectivity index (χ3n) is 5.39. The second kappa shape index (κ2) is 12.8. The van der Waals surface area contributed by atoms with E-state index in [4.69, 9.17) is 5.73 Å². The van der Waals surface area contributed by atoms with E-state index in [0.717, 1.165) is 22.4 Å². The SMILES string of the molecule is C=C/C=C(\C(C)=C(/C)NC(=C)C(=C)c1c(N)ccc(-c2cccnc2)c1F)c1ccncc1.CC. The van der Waals surface area contributed by atoms with Crippen LogP contribution in [0.4, 0.5) is 10.1 Å². The first kappa shape index (κ1) is 27.0. The lowest BCUT2D eigenvalue weighted by molar-refractivity contribution is 0.628. The number of anilines is 1. The van der Waals surface area contributed by atoms with Crippen molar-refractivity contribution in [3.8, 4) is 11.1 Å². The number of hydrogen-bond donors (Lipinski definition) is 2. The summed E-state index contributed by atoms with van der Waals surface area (Å²) in [6, 6.07) is 10.7. The van der Waals surface area contributed by atoms with E-state index in [9.17, 15) is 0 Å². The standard InChI is InChI=1S/C28H27FN4.C2H6/c1-6-8-24(22-12-15-31-16-13-22)18(2)20(4)33-21(5)19(3)27-26(30)11-10-25(28(27)29)23-9-7-14-32-17-23;1-2/h6-17,33H,1,3,5,30H2,2,4H3;1-2H3/b20-18+,24-8+;. The van der Waals surface area contributed by atoms with E-state index in [-0.39, 0.29) is 11.3 Å². The zero-order valence-corrected chi connectivity index (χ0v) is 20.9. The molecular formula is C30H33FN4. The summed E-state index contributed by atoms with van der Waals surface area (Å²) in [7, 11) is 0. The van der Waals surface area contributed by atoms with Gasteiger partial charge in [-0.1, -0.05) is 51.8 Å². The van der Waals surface area contributed by atoms with Crippen molar-refractivity contribution in [2.24, 2.45) is 0 Å². The van der Waals surface area contributed by atoms with Gasteiger partial charge < -0.3 is 11.1 Å². The Labute approximate surface area is 208 Å². The average molecular weight is 469 g/mol. The molecule has 0 spiro atoms. The van der Waals surface area contributed by atoms with Crippen LogP contribution in [0.1, 0.15) is 38.8 Å². The van der Waals surface area contributed by atoms with Gasteiger partial charge in [0.2, 0.25) is 0 Å². The zero-order chi connectivity index (χ0) is 26.0. The number of nitrogens with one attached hydrogen (secondary N) is 1. The largest absolute Gasteiger partial charge is 0.398 e. The van der Waals surface area contributed by atoms with Crippen LogP contribution in [0.2, 0.25) is 0 Å². The van der Waals surface area contributed by atoms with E-state index < -0.39 is 5.82 Å². The second-order valence-electron chi connectivity index (χ2n) is 7.52. The van der Waals surface area contributed by atoms with Gasteiger partial charge in [0.15, 0.2) is 0 Å². The predicted molar refractivity (Wildman–Crippen MR) is 147 cm³/mol. The molecule has 0 saturated carbocycles. The summed E-state index contributed by atoms with van der Waals surface area (Å²) in [5.41, 5.74) is 12.3. The smallest absolute Gasteiger partial charge is 0.141 e. The Morgan fingerprint density at radius 1 is 1.00 bits per heavy atom. The molecule has 0 fully saturated rings. The molecule has 0 aliphatic carbocycles. The van der Waals surface area contributed by atoms with Crippen LogP contribution in [-0.4, -0.2) is 9.97 Å². The minimum Gasteiger partial charge on any atom is -0.398 e. The van der Waals surface area contributed by atoms with E-state index in [1.807, 2.05) is 45.9 Å². The third-order valence-corrected chi connectivity index (χ3v) is 5.39. The predicted octanol–water partition coefficient (Wildman–Crippen LogP) is 7.57. The molecule has 180 valence electrons. The van der Waals surface area contributed by atoms with Gasteiger partial charge in [-0.3, -0.25) is 9.97 Å². The number of nitrogens with two attached hydrogens (primary N) is 1. The highest BCUT2D eigenvalue weighted by molar-refractivity contribution is 5.87. The lowest BCUT2D eigenvalue weighted by atomic mass is 9.95. The van der Waals surface area contributed by atoms with Crippen molar-refractivity contribution in [2.75, 3.05) is 5.73 Å². The third kappa shape index (κ3) is 6.42. The molecule has 0 atom stereocenters. The molecule has 2 heterocycles. The van der Waals surface area contributed by atoms with Crippen LogP contribution in [0.25, 0.3) is 22.3 Å². The van der Waals surface area contributed by atoms with Gasteiger partial charge in [-0.2, -0.15) is 0 Å². The first-order valence-electron chi connectivity index (χ1n) is 11.4. The normalized spacial score (nSPS) is 11.5. The molecule has 35 heavy (non-hydrogen) atoms. The summed E-state index contributed by atoms with van der Waals surface area (Å²) in [5, 5.41) is 3.26. The molecule has 5 heteroatoms. The number of pyridine rings is 2. The fraction of sp³-hybridized carbons (Fsp3) is 0.133. The Hall–Kier alpha value is -4.25. The summed E-state index contributed by atoms with van der Waals surface area (Å²) in [5.74, 6) is -0.460. The van der Waals surface area contributed by atoms with Crippen molar-refractivity contribution in [2.45, 2.75) is 27.7 Å². The van der Waals surface area contributed by atoms with Crippen molar-refractivity contribution >= 4 is 16.8 Å². The highest BCUT2D eigenvalue weighted by Crippen LogP contribution is 2.34. The van der Waals surface area contributed by atoms with Crippen molar-refractivity contribution in [1.29, 1.82) is 0 Å². The molecule has 0 aliphatic rings. The molecule has 4 nitrogen and oxygen atoms in total. The Kier molecular flexibility index (Phi) is 9.91. The maximum atomic E-state index is 15.5. The first-order chi connectivity index (χ1) is 16.8. The number of rotatable bonds is 8. The Morgan fingerprint density at radius 3 is 2.29 bits per heavy atom. The van der Waals surface area contributed by atoms with Crippen LogP contribution >= 0.6 is 0 Å². The minimum atomic E-state index is -0.460. The quantitative estimate of drug-likeness (QED) is 0.264. The van der Waals surface area contributed by atoms with Crippen molar-refractivity contribution in [3.63, 3.8) is 0 Å². The maximum absolute atomic E-state index is 15.5. The summed E-state index contributed by atoms with van der Waals surface area (Å²) >= 11 is 0. The number of hydrogen-bond acceptors (Lipinski definition) is 4. The molecule has 1 aromatic carbocycles. The van der Waals surface area contributed by atoms with Gasteiger partial charge in [-0.05, 0) is 60.9 Å². The number of nitrogen functional groups attached to an aromatic ring is 1. The summed E-state index contributed by atoms with van der Waals surface area (Å²) in [6.07, 6.45) is 10.4. The van der Waals surface area contributed by atoms with Crippen LogP contribution in [0.15, 0.2) is 110 Å². The van der Waals surface area contributed by atoms with Gasteiger partial charge in [0.25, 0.3) is 0 Å². The Morgan fingerprint density at radius 2 is 1.69 bits per heavy atom. The van der Waals surface area contributed by atoms with Gasteiger partial charge in [-0.15, -0.1) is 0 Å². The molecule has 0 saturated heterocycles. The maximum Gasteiger partial charge on any atom is 0.141 e. The van der Waals surface area contributed by atoms with Crippen LogP contribution < -0.4 is 11.1 Å². The fourth-order valence-electron chi connectivity index (χ4n) is 3.48. The van der Waals surface area contributed by atoms with Gasteiger partial charge in [0.05, 0.1) is 0 Å². The van der Waals surface area contributed by atoms with Crippen molar-refractivity contribution in [1.82, 2.24) is 15.3 Å². The van der Waals surface area contributed by atoms with E-state index in [0.29, 0.717) is 22.4 Å². The van der Waals surface area contributed by atoms with Gasteiger partial charge in [0.1, 0.15) is 5.82 Å². The van der Waals surface area contributed by atoms with Crippen molar-refractivity contribution < 1.29 is 4.39 Å². The molecule has 0 unspecified atom stereocenters. The van der Waals surface area contributed by atoms with Crippen molar-refractivity contribution in [3.05, 3.63) is 127 Å². The van der Waals surface area contributed by atoms with E-state index in [1.54, 1.807) is 55.1 Å². The number of benzene rings is 1. The molecule has 3 rings (SSSR count). The fourth-order valence-corrected chi connectivity index (χ4v) is 3.48. The van der Waals surface area contributed by atoms with Gasteiger partial charge in [0, 0.05) is 64.1 Å². The second-order valence-corrected chi connectivity index (χ2v) is 7.52. The molecule has 2 aromatic heterocycles. The first-order valence-corrected chi connectivity index (χ1v) is 11.4. The molecule has 0 radical (unpaired) electrons. The monoisotopic (exact) mass is 468 g/mol. The summed E-state index contributed by atoms with van der Waals surface area (Å²) in [6.45, 7) is 19.9. The molecular weight excluding hydrogens is 435 g/mol. The lowest BCUT2D eigenvalue weighted by Gasteiger charge is -2.19. The topological polar surface area (TPSA) is 63.8 Å². The lowest BCUT2D eigenvalue weighted by Crippen LogP contribution is -2.14. The average Bonchev–Trinajstić information content (AvgIpc) is 2.89. The van der Waals surface area contributed by atoms with E-state index >= 15 is 4.39 Å². The number of nitrogens with zero attached hydrogens (tertiary/aromatic N) is 2. The number of halogens is 1. The molecule has 0 amide bonds. The Bertz CT molecular complexity index is 1260. The minimum absolute atomic E-state index is 0.218. The van der Waals surface area contributed by atoms with Crippen LogP contribution in [0, 0.1) is 5.82 Å². The molecule has 3 N–H and O–H groups in total. The number of aromatic nitrogens is 2. The highest BCUT2D eigenvalue weighted by Gasteiger charge is 2.18. The van der Waals surface area contributed by atoms with Crippen LogP contribution in [-0.2, 0) is 0 Å². The number of allylic oxidation sites excluding steroid dienone is 6. The van der Waals surface area contributed by atoms with Crippen LogP contribution in [0.3, 0.4) is 0 Å². The van der Waals surface area contributed by atoms with Gasteiger partial charge >= 0.3 is 0 Å². The molecule has 0 bridgehead atoms. The Balaban J connectivity index is 0.00000210. The van der Waals surface area contributed by atoms with E-state index in [1.165, 1.54) is 0 Å².